The molecule has 0 unspecified atom stereocenters. The van der Waals surface area contributed by atoms with Crippen molar-refractivity contribution in [3.05, 3.63) is 48.9 Å². The first-order chi connectivity index (χ1) is 13.5. The van der Waals surface area contributed by atoms with Crippen LogP contribution in [0.2, 0.25) is 31.7 Å². The van der Waals surface area contributed by atoms with E-state index in [1.165, 1.54) is 0 Å². The smallest absolute Gasteiger partial charge is 0.194 e. The first-order valence-corrected chi connectivity index (χ1v) is 15.1. The second kappa shape index (κ2) is 9.90. The molecule has 0 aliphatic carbocycles. The Morgan fingerprint density at radius 2 is 1.82 bits per heavy atom. The Labute approximate surface area is 169 Å². The molecular weight excluding hydrogens is 384 g/mol. The Kier molecular flexibility index (Phi) is 7.29. The molecule has 1 radical (unpaired) electrons. The molecule has 0 fully saturated rings. The second-order valence-electron chi connectivity index (χ2n) is 7.67. The summed E-state index contributed by atoms with van der Waals surface area (Å²) in [5.41, 5.74) is 2.04. The fraction of sp³-hybridized carbons (Fsp3) is 0.474. The van der Waals surface area contributed by atoms with E-state index in [1.807, 2.05) is 40.0 Å². The zero-order valence-electron chi connectivity index (χ0n) is 17.0. The summed E-state index contributed by atoms with van der Waals surface area (Å²) in [6.45, 7) is 8.75. The third-order valence-corrected chi connectivity index (χ3v) is 10.8. The van der Waals surface area contributed by atoms with Crippen molar-refractivity contribution in [3.8, 4) is 11.3 Å². The Morgan fingerprint density at radius 3 is 2.57 bits per heavy atom. The van der Waals surface area contributed by atoms with Crippen molar-refractivity contribution in [2.45, 2.75) is 57.7 Å². The van der Waals surface area contributed by atoms with Gasteiger partial charge in [0.2, 0.25) is 0 Å². The third-order valence-electron chi connectivity index (χ3n) is 4.61. The molecule has 0 atom stereocenters. The lowest BCUT2D eigenvalue weighted by molar-refractivity contribution is 0.521. The lowest BCUT2D eigenvalue weighted by atomic mass is 10.2. The van der Waals surface area contributed by atoms with Crippen LogP contribution in [0.15, 0.2) is 48.9 Å². The molecule has 2 aromatic heterocycles. The Balaban J connectivity index is 1.38. The topological polar surface area (TPSA) is 70.7 Å². The molecule has 149 valence electrons. The SMILES string of the molecule is C[Si](CCCn1ccnn1)O[Si](C)(C)CCCn1cc(-c2ccccc2)nn1. The molecular formula is C19H29N6OSi2. The fourth-order valence-electron chi connectivity index (χ4n) is 3.23. The molecule has 0 aliphatic heterocycles. The van der Waals surface area contributed by atoms with Crippen LogP contribution in [0.25, 0.3) is 11.3 Å². The summed E-state index contributed by atoms with van der Waals surface area (Å²) in [5, 5.41) is 16.4. The van der Waals surface area contributed by atoms with Crippen LogP contribution in [-0.2, 0) is 17.2 Å². The van der Waals surface area contributed by atoms with E-state index in [4.69, 9.17) is 4.12 Å². The average Bonchev–Trinajstić information content (AvgIpc) is 3.34. The number of hydrogen-bond donors (Lipinski definition) is 0. The Morgan fingerprint density at radius 1 is 1.04 bits per heavy atom. The largest absolute Gasteiger partial charge is 0.456 e. The van der Waals surface area contributed by atoms with Crippen molar-refractivity contribution in [1.29, 1.82) is 0 Å². The van der Waals surface area contributed by atoms with Crippen LogP contribution in [0.4, 0.5) is 0 Å². The van der Waals surface area contributed by atoms with E-state index < -0.39 is 17.4 Å². The standard InChI is InChI=1S/C19H29N6OSi2/c1-27(15-7-12-24-14-11-20-22-24)26-28(2,3)16-8-13-25-17-19(21-23-25)18-9-5-4-6-10-18/h4-6,9-11,14,17H,7-8,12-13,15-16H2,1-3H3. The van der Waals surface area contributed by atoms with Gasteiger partial charge in [-0.15, -0.1) is 10.2 Å². The quantitative estimate of drug-likeness (QED) is 0.446. The molecule has 0 spiro atoms. The first-order valence-electron chi connectivity index (χ1n) is 9.83. The lowest BCUT2D eigenvalue weighted by Crippen LogP contribution is -2.36. The van der Waals surface area contributed by atoms with Crippen molar-refractivity contribution in [2.24, 2.45) is 0 Å². The molecule has 0 N–H and O–H groups in total. The normalized spacial score (nSPS) is 12.0. The molecule has 0 saturated carbocycles. The van der Waals surface area contributed by atoms with Crippen molar-refractivity contribution < 1.29 is 4.12 Å². The zero-order valence-corrected chi connectivity index (χ0v) is 19.0. The van der Waals surface area contributed by atoms with Gasteiger partial charge in [0, 0.05) is 24.8 Å². The summed E-state index contributed by atoms with van der Waals surface area (Å²) in [6.07, 6.45) is 7.84. The van der Waals surface area contributed by atoms with Crippen LogP contribution < -0.4 is 0 Å². The van der Waals surface area contributed by atoms with E-state index in [-0.39, 0.29) is 0 Å². The lowest BCUT2D eigenvalue weighted by Gasteiger charge is -2.27. The van der Waals surface area contributed by atoms with Crippen molar-refractivity contribution >= 4 is 17.4 Å². The molecule has 0 saturated heterocycles. The maximum atomic E-state index is 6.52. The van der Waals surface area contributed by atoms with Crippen molar-refractivity contribution in [2.75, 3.05) is 0 Å². The number of rotatable bonds is 11. The molecule has 7 nitrogen and oxygen atoms in total. The Hall–Kier alpha value is -2.11. The van der Waals surface area contributed by atoms with Crippen LogP contribution in [0.1, 0.15) is 12.8 Å². The van der Waals surface area contributed by atoms with E-state index in [9.17, 15) is 0 Å². The molecule has 3 aromatic rings. The van der Waals surface area contributed by atoms with Gasteiger partial charge in [0.05, 0.1) is 12.4 Å². The maximum Gasteiger partial charge on any atom is 0.194 e. The molecule has 28 heavy (non-hydrogen) atoms. The predicted octanol–water partition coefficient (Wildman–Crippen LogP) is 3.86. The highest BCUT2D eigenvalue weighted by molar-refractivity contribution is 6.78. The van der Waals surface area contributed by atoms with E-state index in [2.05, 4.69) is 52.4 Å². The number of nitrogens with zero attached hydrogens (tertiary/aromatic N) is 6. The number of benzene rings is 1. The zero-order chi connectivity index (χ0) is 19.8. The van der Waals surface area contributed by atoms with Gasteiger partial charge >= 0.3 is 0 Å². The minimum absolute atomic E-state index is 0.760. The van der Waals surface area contributed by atoms with Crippen LogP contribution in [0, 0.1) is 0 Å². The third kappa shape index (κ3) is 6.50. The van der Waals surface area contributed by atoms with E-state index in [0.717, 1.165) is 49.3 Å². The van der Waals surface area contributed by atoms with Gasteiger partial charge in [-0.05, 0) is 44.6 Å². The monoisotopic (exact) mass is 413 g/mol. The van der Waals surface area contributed by atoms with Gasteiger partial charge in [0.15, 0.2) is 17.4 Å². The van der Waals surface area contributed by atoms with Gasteiger partial charge in [-0.3, -0.25) is 9.36 Å². The highest BCUT2D eigenvalue weighted by atomic mass is 28.4. The molecule has 0 bridgehead atoms. The summed E-state index contributed by atoms with van der Waals surface area (Å²) >= 11 is 0. The van der Waals surface area contributed by atoms with Crippen molar-refractivity contribution in [1.82, 2.24) is 30.0 Å². The van der Waals surface area contributed by atoms with Gasteiger partial charge < -0.3 is 4.12 Å². The second-order valence-corrected chi connectivity index (χ2v) is 14.4. The van der Waals surface area contributed by atoms with Gasteiger partial charge in [-0.25, -0.2) is 0 Å². The van der Waals surface area contributed by atoms with Gasteiger partial charge in [-0.1, -0.05) is 40.8 Å². The highest BCUT2D eigenvalue weighted by Crippen LogP contribution is 2.19. The molecule has 1 aromatic carbocycles. The summed E-state index contributed by atoms with van der Waals surface area (Å²) in [5.74, 6) is 0. The van der Waals surface area contributed by atoms with Crippen molar-refractivity contribution in [3.63, 3.8) is 0 Å². The highest BCUT2D eigenvalue weighted by Gasteiger charge is 2.25. The average molecular weight is 414 g/mol. The van der Waals surface area contributed by atoms with Crippen LogP contribution >= 0.6 is 0 Å². The summed E-state index contributed by atoms with van der Waals surface area (Å²) in [4.78, 5) is 0. The Bertz CT molecular complexity index is 822. The van der Waals surface area contributed by atoms with Crippen LogP contribution in [0.5, 0.6) is 0 Å². The molecule has 2 heterocycles. The van der Waals surface area contributed by atoms with Gasteiger partial charge in [0.25, 0.3) is 0 Å². The number of hydrogen-bond acceptors (Lipinski definition) is 5. The van der Waals surface area contributed by atoms with E-state index in [1.54, 1.807) is 6.20 Å². The molecule has 9 heteroatoms. The van der Waals surface area contributed by atoms with E-state index in [0.29, 0.717) is 0 Å². The predicted molar refractivity (Wildman–Crippen MR) is 115 cm³/mol. The van der Waals surface area contributed by atoms with E-state index >= 15 is 0 Å². The number of aryl methyl sites for hydroxylation is 2. The van der Waals surface area contributed by atoms with Crippen LogP contribution in [-0.4, -0.2) is 47.3 Å². The summed E-state index contributed by atoms with van der Waals surface area (Å²) in [7, 11) is -2.40. The minimum Gasteiger partial charge on any atom is -0.456 e. The summed E-state index contributed by atoms with van der Waals surface area (Å²) < 4.78 is 10.4. The molecule has 0 amide bonds. The number of aromatic nitrogens is 6. The minimum atomic E-state index is -1.64. The molecule has 0 aliphatic rings. The van der Waals surface area contributed by atoms with Crippen LogP contribution in [0.3, 0.4) is 0 Å². The summed E-state index contributed by atoms with van der Waals surface area (Å²) in [6, 6.07) is 12.5. The first kappa shape index (κ1) is 20.6. The van der Waals surface area contributed by atoms with Gasteiger partial charge in [0.1, 0.15) is 5.69 Å². The molecule has 3 rings (SSSR count). The fourth-order valence-corrected chi connectivity index (χ4v) is 9.49. The maximum absolute atomic E-state index is 6.52. The van der Waals surface area contributed by atoms with Gasteiger partial charge in [-0.2, -0.15) is 0 Å².